The van der Waals surface area contributed by atoms with E-state index >= 15 is 0 Å². The number of hydrogen-bond acceptors (Lipinski definition) is 3. The Hall–Kier alpha value is -1.36. The Morgan fingerprint density at radius 3 is 3.06 bits per heavy atom. The molecule has 1 amide bonds. The van der Waals surface area contributed by atoms with Crippen LogP contribution in [0, 0.1) is 12.8 Å². The lowest BCUT2D eigenvalue weighted by Gasteiger charge is -2.39. The summed E-state index contributed by atoms with van der Waals surface area (Å²) >= 11 is 0. The van der Waals surface area contributed by atoms with Crippen molar-refractivity contribution >= 4 is 5.91 Å². The maximum absolute atomic E-state index is 12.2. The second-order valence-corrected chi connectivity index (χ2v) is 5.50. The molecule has 3 N–H and O–H groups in total. The Bertz CT molecular complexity index is 430. The van der Waals surface area contributed by atoms with Crippen LogP contribution in [0.25, 0.3) is 0 Å². The number of hydrogen-bond donors (Lipinski definition) is 3. The van der Waals surface area contributed by atoms with Gasteiger partial charge in [-0.1, -0.05) is 19.8 Å². The minimum atomic E-state index is -0.460. The van der Waals surface area contributed by atoms with E-state index in [2.05, 4.69) is 22.4 Å². The molecular formula is C13H21N3O2. The number of nitrogens with zero attached hydrogens (tertiary/aromatic N) is 1. The van der Waals surface area contributed by atoms with E-state index in [0.717, 1.165) is 25.0 Å². The highest BCUT2D eigenvalue weighted by Gasteiger charge is 2.36. The van der Waals surface area contributed by atoms with Crippen LogP contribution >= 0.6 is 0 Å². The molecule has 1 aromatic heterocycles. The van der Waals surface area contributed by atoms with Gasteiger partial charge in [0, 0.05) is 5.69 Å². The van der Waals surface area contributed by atoms with Gasteiger partial charge in [0.05, 0.1) is 23.9 Å². The Kier molecular flexibility index (Phi) is 3.71. The number of H-pyrrole nitrogens is 1. The largest absolute Gasteiger partial charge is 0.394 e. The van der Waals surface area contributed by atoms with Gasteiger partial charge in [-0.05, 0) is 25.7 Å². The summed E-state index contributed by atoms with van der Waals surface area (Å²) in [6.45, 7) is 3.98. The molecule has 1 saturated carbocycles. The summed E-state index contributed by atoms with van der Waals surface area (Å²) in [4.78, 5) is 12.2. The van der Waals surface area contributed by atoms with E-state index in [1.165, 1.54) is 12.6 Å². The first-order chi connectivity index (χ1) is 8.56. The van der Waals surface area contributed by atoms with E-state index in [4.69, 9.17) is 0 Å². The molecule has 2 rings (SSSR count). The van der Waals surface area contributed by atoms with Crippen LogP contribution in [0.4, 0.5) is 0 Å². The number of aromatic nitrogens is 2. The van der Waals surface area contributed by atoms with E-state index in [-0.39, 0.29) is 12.5 Å². The van der Waals surface area contributed by atoms with Crippen molar-refractivity contribution in [2.75, 3.05) is 6.61 Å². The zero-order valence-corrected chi connectivity index (χ0v) is 11.0. The standard InChI is InChI=1S/C13H21N3O2/c1-9-4-3-5-13(6-9,8-17)15-12(18)11-7-14-16-10(11)2/h7,9,17H,3-6,8H2,1-2H3,(H,14,16)(H,15,18). The molecular weight excluding hydrogens is 230 g/mol. The topological polar surface area (TPSA) is 78.0 Å². The predicted octanol–water partition coefficient (Wildman–Crippen LogP) is 1.39. The van der Waals surface area contributed by atoms with Crippen molar-refractivity contribution in [1.82, 2.24) is 15.5 Å². The predicted molar refractivity (Wildman–Crippen MR) is 68.2 cm³/mol. The molecule has 0 aliphatic heterocycles. The lowest BCUT2D eigenvalue weighted by molar-refractivity contribution is 0.0696. The molecule has 5 heteroatoms. The van der Waals surface area contributed by atoms with Gasteiger partial charge in [-0.3, -0.25) is 9.89 Å². The van der Waals surface area contributed by atoms with Crippen molar-refractivity contribution in [3.8, 4) is 0 Å². The number of rotatable bonds is 3. The summed E-state index contributed by atoms with van der Waals surface area (Å²) in [6, 6.07) is 0. The first-order valence-electron chi connectivity index (χ1n) is 6.50. The molecule has 1 aromatic rings. The lowest BCUT2D eigenvalue weighted by Crippen LogP contribution is -2.53. The van der Waals surface area contributed by atoms with E-state index in [1.807, 2.05) is 6.92 Å². The van der Waals surface area contributed by atoms with E-state index in [9.17, 15) is 9.90 Å². The van der Waals surface area contributed by atoms with Gasteiger partial charge in [0.25, 0.3) is 5.91 Å². The summed E-state index contributed by atoms with van der Waals surface area (Å²) in [5.41, 5.74) is 0.851. The zero-order chi connectivity index (χ0) is 13.2. The van der Waals surface area contributed by atoms with Crippen molar-refractivity contribution in [1.29, 1.82) is 0 Å². The quantitative estimate of drug-likeness (QED) is 0.759. The van der Waals surface area contributed by atoms with Gasteiger partial charge in [0.1, 0.15) is 0 Å². The number of aliphatic hydroxyl groups excluding tert-OH is 1. The normalized spacial score (nSPS) is 28.1. The number of carbonyl (C=O) groups excluding carboxylic acids is 1. The van der Waals surface area contributed by atoms with Crippen molar-refractivity contribution in [3.05, 3.63) is 17.5 Å². The van der Waals surface area contributed by atoms with E-state index < -0.39 is 5.54 Å². The van der Waals surface area contributed by atoms with Crippen molar-refractivity contribution in [3.63, 3.8) is 0 Å². The van der Waals surface area contributed by atoms with Crippen molar-refractivity contribution in [2.45, 2.75) is 45.1 Å². The Balaban J connectivity index is 2.11. The molecule has 18 heavy (non-hydrogen) atoms. The van der Waals surface area contributed by atoms with Gasteiger partial charge < -0.3 is 10.4 Å². The zero-order valence-electron chi connectivity index (χ0n) is 11.0. The van der Waals surface area contributed by atoms with Gasteiger partial charge in [0.15, 0.2) is 0 Å². The van der Waals surface area contributed by atoms with Crippen molar-refractivity contribution in [2.24, 2.45) is 5.92 Å². The van der Waals surface area contributed by atoms with Crippen LogP contribution in [0.15, 0.2) is 6.20 Å². The minimum Gasteiger partial charge on any atom is -0.394 e. The van der Waals surface area contributed by atoms with Gasteiger partial charge in [-0.2, -0.15) is 5.10 Å². The summed E-state index contributed by atoms with van der Waals surface area (Å²) in [5.74, 6) is 0.390. The fourth-order valence-electron chi connectivity index (χ4n) is 2.84. The van der Waals surface area contributed by atoms with Gasteiger partial charge in [-0.15, -0.1) is 0 Å². The van der Waals surface area contributed by atoms with Crippen LogP contribution in [0.2, 0.25) is 0 Å². The molecule has 1 fully saturated rings. The highest BCUT2D eigenvalue weighted by atomic mass is 16.3. The highest BCUT2D eigenvalue weighted by Crippen LogP contribution is 2.32. The molecule has 1 aliphatic rings. The second-order valence-electron chi connectivity index (χ2n) is 5.50. The van der Waals surface area contributed by atoms with Crippen molar-refractivity contribution < 1.29 is 9.90 Å². The molecule has 0 bridgehead atoms. The number of aliphatic hydroxyl groups is 1. The first-order valence-corrected chi connectivity index (χ1v) is 6.50. The monoisotopic (exact) mass is 251 g/mol. The molecule has 0 saturated heterocycles. The number of carbonyl (C=O) groups is 1. The fourth-order valence-corrected chi connectivity index (χ4v) is 2.84. The van der Waals surface area contributed by atoms with Crippen LogP contribution in [0.5, 0.6) is 0 Å². The lowest BCUT2D eigenvalue weighted by atomic mass is 9.76. The molecule has 0 radical (unpaired) electrons. The Morgan fingerprint density at radius 1 is 1.72 bits per heavy atom. The molecule has 5 nitrogen and oxygen atoms in total. The van der Waals surface area contributed by atoms with Gasteiger partial charge >= 0.3 is 0 Å². The fraction of sp³-hybridized carbons (Fsp3) is 0.692. The van der Waals surface area contributed by atoms with Crippen LogP contribution in [-0.4, -0.2) is 33.4 Å². The van der Waals surface area contributed by atoms with Gasteiger partial charge in [0.2, 0.25) is 0 Å². The van der Waals surface area contributed by atoms with Crippen LogP contribution in [0.1, 0.15) is 48.7 Å². The second kappa shape index (κ2) is 5.10. The van der Waals surface area contributed by atoms with E-state index in [1.54, 1.807) is 0 Å². The molecule has 1 heterocycles. The number of nitrogens with one attached hydrogen (secondary N) is 2. The maximum Gasteiger partial charge on any atom is 0.255 e. The third-order valence-corrected chi connectivity index (χ3v) is 3.85. The number of aryl methyl sites for hydroxylation is 1. The molecule has 2 atom stereocenters. The minimum absolute atomic E-state index is 0.0000208. The Morgan fingerprint density at radius 2 is 2.50 bits per heavy atom. The SMILES string of the molecule is Cc1[nH]ncc1C(=O)NC1(CO)CCCC(C)C1. The average Bonchev–Trinajstić information content (AvgIpc) is 2.75. The summed E-state index contributed by atoms with van der Waals surface area (Å²) < 4.78 is 0. The summed E-state index contributed by atoms with van der Waals surface area (Å²) in [5, 5.41) is 19.2. The molecule has 100 valence electrons. The number of amides is 1. The maximum atomic E-state index is 12.2. The Labute approximate surface area is 107 Å². The van der Waals surface area contributed by atoms with Crippen LogP contribution in [-0.2, 0) is 0 Å². The first kappa shape index (κ1) is 13.1. The molecule has 0 spiro atoms. The van der Waals surface area contributed by atoms with Crippen LogP contribution < -0.4 is 5.32 Å². The smallest absolute Gasteiger partial charge is 0.255 e. The summed E-state index contributed by atoms with van der Waals surface area (Å²) in [7, 11) is 0. The van der Waals surface area contributed by atoms with Crippen LogP contribution in [0.3, 0.4) is 0 Å². The number of aromatic amines is 1. The van der Waals surface area contributed by atoms with E-state index in [0.29, 0.717) is 11.5 Å². The molecule has 0 aromatic carbocycles. The van der Waals surface area contributed by atoms with Gasteiger partial charge in [-0.25, -0.2) is 0 Å². The molecule has 1 aliphatic carbocycles. The molecule has 2 unspecified atom stereocenters. The third-order valence-electron chi connectivity index (χ3n) is 3.85. The third kappa shape index (κ3) is 2.56. The summed E-state index contributed by atoms with van der Waals surface area (Å²) in [6.07, 6.45) is 5.43. The average molecular weight is 251 g/mol. The highest BCUT2D eigenvalue weighted by molar-refractivity contribution is 5.95.